The highest BCUT2D eigenvalue weighted by atomic mass is 15.3. The zero-order valence-corrected chi connectivity index (χ0v) is 10.7. The van der Waals surface area contributed by atoms with Gasteiger partial charge in [0.25, 0.3) is 0 Å². The van der Waals surface area contributed by atoms with Crippen molar-refractivity contribution in [1.29, 1.82) is 0 Å². The Labute approximate surface area is 99.0 Å². The second-order valence-corrected chi connectivity index (χ2v) is 4.65. The number of unbranched alkanes of at least 4 members (excludes halogenated alkanes) is 5. The van der Waals surface area contributed by atoms with Crippen LogP contribution in [0.1, 0.15) is 70.5 Å². The van der Waals surface area contributed by atoms with Gasteiger partial charge in [0, 0.05) is 18.3 Å². The second kappa shape index (κ2) is 7.31. The Morgan fingerprint density at radius 1 is 1.25 bits per heavy atom. The van der Waals surface area contributed by atoms with E-state index in [4.69, 9.17) is 5.84 Å². The summed E-state index contributed by atoms with van der Waals surface area (Å²) in [6.07, 6.45) is 12.9. The number of hydrogen-bond acceptors (Lipinski definition) is 2. The van der Waals surface area contributed by atoms with Crippen molar-refractivity contribution in [2.75, 3.05) is 5.84 Å². The summed E-state index contributed by atoms with van der Waals surface area (Å²) in [5.74, 6) is 7.25. The maximum Gasteiger partial charge on any atom is 0.129 e. The summed E-state index contributed by atoms with van der Waals surface area (Å²) in [4.78, 5) is 4.28. The highest BCUT2D eigenvalue weighted by molar-refractivity contribution is 4.98. The van der Waals surface area contributed by atoms with E-state index < -0.39 is 0 Å². The van der Waals surface area contributed by atoms with Gasteiger partial charge < -0.3 is 5.84 Å². The number of nitrogen functional groups attached to an aromatic ring is 1. The van der Waals surface area contributed by atoms with Gasteiger partial charge in [-0.05, 0) is 6.42 Å². The molecule has 1 unspecified atom stereocenters. The quantitative estimate of drug-likeness (QED) is 0.542. The van der Waals surface area contributed by atoms with Gasteiger partial charge in [0.1, 0.15) is 5.82 Å². The van der Waals surface area contributed by atoms with Crippen molar-refractivity contribution in [2.45, 2.75) is 64.7 Å². The van der Waals surface area contributed by atoms with Gasteiger partial charge in [-0.3, -0.25) is 4.68 Å². The Kier molecular flexibility index (Phi) is 5.98. The number of hydrogen-bond donors (Lipinski definition) is 1. The number of imidazole rings is 1. The molecule has 0 saturated heterocycles. The predicted molar refractivity (Wildman–Crippen MR) is 68.8 cm³/mol. The fourth-order valence-electron chi connectivity index (χ4n) is 2.07. The van der Waals surface area contributed by atoms with Gasteiger partial charge in [-0.15, -0.1) is 0 Å². The molecule has 1 atom stereocenters. The summed E-state index contributed by atoms with van der Waals surface area (Å²) in [5, 5.41) is 0. The Hall–Kier alpha value is -0.990. The van der Waals surface area contributed by atoms with Crippen LogP contribution >= 0.6 is 0 Å². The minimum Gasteiger partial charge on any atom is -0.338 e. The number of rotatable bonds is 8. The van der Waals surface area contributed by atoms with Crippen LogP contribution in [-0.4, -0.2) is 9.66 Å². The van der Waals surface area contributed by atoms with E-state index in [1.165, 1.54) is 44.9 Å². The highest BCUT2D eigenvalue weighted by Crippen LogP contribution is 2.19. The van der Waals surface area contributed by atoms with Crippen molar-refractivity contribution in [3.8, 4) is 0 Å². The van der Waals surface area contributed by atoms with Gasteiger partial charge in [-0.1, -0.05) is 52.4 Å². The first-order valence-corrected chi connectivity index (χ1v) is 6.54. The van der Waals surface area contributed by atoms with Crippen LogP contribution in [0.15, 0.2) is 12.4 Å². The normalized spacial score (nSPS) is 12.9. The summed E-state index contributed by atoms with van der Waals surface area (Å²) in [7, 11) is 0. The maximum atomic E-state index is 5.77. The average molecular weight is 223 g/mol. The first-order chi connectivity index (χ1) is 7.75. The van der Waals surface area contributed by atoms with Crippen LogP contribution in [-0.2, 0) is 0 Å². The predicted octanol–water partition coefficient (Wildman–Crippen LogP) is 3.45. The molecular formula is C13H25N3. The Morgan fingerprint density at radius 2 is 1.94 bits per heavy atom. The molecule has 0 aromatic carbocycles. The highest BCUT2D eigenvalue weighted by Gasteiger charge is 2.09. The van der Waals surface area contributed by atoms with E-state index >= 15 is 0 Å². The smallest absolute Gasteiger partial charge is 0.129 e. The fraction of sp³-hybridized carbons (Fsp3) is 0.769. The minimum absolute atomic E-state index is 0.478. The Balaban J connectivity index is 2.11. The third-order valence-corrected chi connectivity index (χ3v) is 3.13. The monoisotopic (exact) mass is 223 g/mol. The first kappa shape index (κ1) is 13.1. The molecule has 1 rings (SSSR count). The standard InChI is InChI=1S/C13H25N3/c1-3-4-5-6-7-8-9-12(2)13-15-10-11-16(13)14/h10-12H,3-9,14H2,1-2H3. The third-order valence-electron chi connectivity index (χ3n) is 3.13. The lowest BCUT2D eigenvalue weighted by Gasteiger charge is -2.10. The van der Waals surface area contributed by atoms with Crippen LogP contribution in [0, 0.1) is 0 Å². The summed E-state index contributed by atoms with van der Waals surface area (Å²) >= 11 is 0. The van der Waals surface area contributed by atoms with Crippen LogP contribution in [0.5, 0.6) is 0 Å². The van der Waals surface area contributed by atoms with Crippen molar-refractivity contribution >= 4 is 0 Å². The molecule has 0 aliphatic carbocycles. The van der Waals surface area contributed by atoms with Crippen LogP contribution in [0.25, 0.3) is 0 Å². The van der Waals surface area contributed by atoms with Crippen molar-refractivity contribution < 1.29 is 0 Å². The van der Waals surface area contributed by atoms with Crippen molar-refractivity contribution in [3.05, 3.63) is 18.2 Å². The number of nitrogens with two attached hydrogens (primary N) is 1. The van der Waals surface area contributed by atoms with Gasteiger partial charge in [0.15, 0.2) is 0 Å². The molecule has 16 heavy (non-hydrogen) atoms. The molecule has 0 saturated carbocycles. The van der Waals surface area contributed by atoms with Crippen LogP contribution < -0.4 is 5.84 Å². The molecule has 3 heteroatoms. The maximum absolute atomic E-state index is 5.77. The van der Waals surface area contributed by atoms with Crippen LogP contribution in [0.3, 0.4) is 0 Å². The minimum atomic E-state index is 0.478. The van der Waals surface area contributed by atoms with Crippen molar-refractivity contribution in [3.63, 3.8) is 0 Å². The van der Waals surface area contributed by atoms with Crippen molar-refractivity contribution in [1.82, 2.24) is 9.66 Å². The molecule has 1 aromatic heterocycles. The van der Waals surface area contributed by atoms with Gasteiger partial charge in [0.05, 0.1) is 0 Å². The summed E-state index contributed by atoms with van der Waals surface area (Å²) < 4.78 is 1.64. The molecule has 1 heterocycles. The fourth-order valence-corrected chi connectivity index (χ4v) is 2.07. The van der Waals surface area contributed by atoms with Gasteiger partial charge in [0.2, 0.25) is 0 Å². The largest absolute Gasteiger partial charge is 0.338 e. The number of nitrogens with zero attached hydrogens (tertiary/aromatic N) is 2. The Bertz CT molecular complexity index is 280. The van der Waals surface area contributed by atoms with E-state index in [2.05, 4.69) is 18.8 Å². The lowest BCUT2D eigenvalue weighted by Crippen LogP contribution is -2.13. The molecule has 0 aliphatic heterocycles. The van der Waals surface area contributed by atoms with E-state index in [0.717, 1.165) is 5.82 Å². The molecule has 0 fully saturated rings. The number of aromatic nitrogens is 2. The van der Waals surface area contributed by atoms with Crippen LogP contribution in [0.4, 0.5) is 0 Å². The zero-order valence-electron chi connectivity index (χ0n) is 10.7. The summed E-state index contributed by atoms with van der Waals surface area (Å²) in [6.45, 7) is 4.46. The van der Waals surface area contributed by atoms with E-state index in [9.17, 15) is 0 Å². The zero-order chi connectivity index (χ0) is 11.8. The third kappa shape index (κ3) is 4.25. The SMILES string of the molecule is CCCCCCCCC(C)c1nccn1N. The summed E-state index contributed by atoms with van der Waals surface area (Å²) in [5.41, 5.74) is 0. The molecule has 3 nitrogen and oxygen atoms in total. The molecule has 0 aliphatic rings. The van der Waals surface area contributed by atoms with Gasteiger partial charge >= 0.3 is 0 Å². The lowest BCUT2D eigenvalue weighted by atomic mass is 10.0. The van der Waals surface area contributed by atoms with E-state index in [1.54, 1.807) is 10.9 Å². The Morgan fingerprint density at radius 3 is 2.56 bits per heavy atom. The molecular weight excluding hydrogens is 198 g/mol. The lowest BCUT2D eigenvalue weighted by molar-refractivity contribution is 0.539. The molecule has 0 bridgehead atoms. The van der Waals surface area contributed by atoms with E-state index in [0.29, 0.717) is 5.92 Å². The molecule has 2 N–H and O–H groups in total. The molecule has 1 aromatic rings. The van der Waals surface area contributed by atoms with Gasteiger partial charge in [-0.25, -0.2) is 4.98 Å². The van der Waals surface area contributed by atoms with E-state index in [1.807, 2.05) is 6.20 Å². The van der Waals surface area contributed by atoms with Crippen LogP contribution in [0.2, 0.25) is 0 Å². The molecule has 92 valence electrons. The van der Waals surface area contributed by atoms with Gasteiger partial charge in [-0.2, -0.15) is 0 Å². The van der Waals surface area contributed by atoms with Crippen molar-refractivity contribution in [2.24, 2.45) is 0 Å². The summed E-state index contributed by atoms with van der Waals surface area (Å²) in [6, 6.07) is 0. The molecule has 0 spiro atoms. The van der Waals surface area contributed by atoms with E-state index in [-0.39, 0.29) is 0 Å². The average Bonchev–Trinajstić information content (AvgIpc) is 2.69. The second-order valence-electron chi connectivity index (χ2n) is 4.65. The topological polar surface area (TPSA) is 43.8 Å². The molecule has 0 radical (unpaired) electrons. The first-order valence-electron chi connectivity index (χ1n) is 6.54. The molecule has 0 amide bonds.